The maximum absolute atomic E-state index is 12.5. The van der Waals surface area contributed by atoms with Crippen LogP contribution in [-0.4, -0.2) is 17.5 Å². The van der Waals surface area contributed by atoms with Crippen molar-refractivity contribution in [1.82, 2.24) is 0 Å². The van der Waals surface area contributed by atoms with E-state index in [4.69, 9.17) is 19.6 Å². The molecule has 0 aliphatic carbocycles. The van der Waals surface area contributed by atoms with Crippen molar-refractivity contribution in [2.24, 2.45) is 5.73 Å². The van der Waals surface area contributed by atoms with Crippen molar-refractivity contribution < 1.29 is 23.6 Å². The summed E-state index contributed by atoms with van der Waals surface area (Å²) in [5.41, 5.74) is 5.58. The molecule has 2 heterocycles. The van der Waals surface area contributed by atoms with Gasteiger partial charge in [0.05, 0.1) is 23.0 Å². The van der Waals surface area contributed by atoms with E-state index < -0.39 is 22.4 Å². The Bertz CT molecular complexity index is 1010. The molecule has 0 saturated carbocycles. The number of non-ortho nitro benzene ring substituents is 1. The van der Waals surface area contributed by atoms with Gasteiger partial charge in [-0.05, 0) is 19.4 Å². The molecule has 0 bridgehead atoms. The summed E-state index contributed by atoms with van der Waals surface area (Å²) < 4.78 is 15.7. The number of hydrogen-bond acceptors (Lipinski definition) is 8. The standard InChI is InChI=1S/C18H16N2O7/c1-3-25-17(21)15-13(10-4-6-11(7-5-10)20(23)24)14-12(27-16(15)19)8-9(2)26-18(14)22/h4-8,13H,3,19H2,1-2H3/t13-/m1/s1. The normalized spacial score (nSPS) is 15.7. The number of carbonyl (C=O) groups excluding carboxylic acids is 1. The van der Waals surface area contributed by atoms with Crippen molar-refractivity contribution in [1.29, 1.82) is 0 Å². The SMILES string of the molecule is CCOC(=O)C1=C(N)Oc2cc(C)oc(=O)c2[C@H]1c1ccc([N+](=O)[O-])cc1. The fourth-order valence-corrected chi connectivity index (χ4v) is 2.95. The molecule has 9 nitrogen and oxygen atoms in total. The average molecular weight is 372 g/mol. The van der Waals surface area contributed by atoms with Crippen LogP contribution >= 0.6 is 0 Å². The molecule has 0 saturated heterocycles. The summed E-state index contributed by atoms with van der Waals surface area (Å²) in [5.74, 6) is -1.41. The molecule has 0 fully saturated rings. The number of hydrogen-bond donors (Lipinski definition) is 1. The molecule has 0 unspecified atom stereocenters. The molecule has 0 spiro atoms. The van der Waals surface area contributed by atoms with Gasteiger partial charge in [-0.15, -0.1) is 0 Å². The number of fused-ring (bicyclic) bond motifs is 1. The van der Waals surface area contributed by atoms with Crippen LogP contribution in [0.2, 0.25) is 0 Å². The average Bonchev–Trinajstić information content (AvgIpc) is 2.60. The Balaban J connectivity index is 2.23. The van der Waals surface area contributed by atoms with E-state index in [2.05, 4.69) is 0 Å². The lowest BCUT2D eigenvalue weighted by Gasteiger charge is -2.27. The lowest BCUT2D eigenvalue weighted by molar-refractivity contribution is -0.384. The minimum Gasteiger partial charge on any atom is -0.462 e. The van der Waals surface area contributed by atoms with Crippen LogP contribution in [0.25, 0.3) is 0 Å². The van der Waals surface area contributed by atoms with Crippen LogP contribution in [0.3, 0.4) is 0 Å². The van der Waals surface area contributed by atoms with E-state index in [9.17, 15) is 19.7 Å². The quantitative estimate of drug-likeness (QED) is 0.490. The minimum atomic E-state index is -0.939. The number of nitrogens with zero attached hydrogens (tertiary/aromatic N) is 1. The summed E-state index contributed by atoms with van der Waals surface area (Å²) in [6.07, 6.45) is 0. The van der Waals surface area contributed by atoms with Gasteiger partial charge < -0.3 is 19.6 Å². The second kappa shape index (κ2) is 6.94. The van der Waals surface area contributed by atoms with E-state index in [1.54, 1.807) is 13.8 Å². The van der Waals surface area contributed by atoms with Gasteiger partial charge >= 0.3 is 11.6 Å². The summed E-state index contributed by atoms with van der Waals surface area (Å²) in [7, 11) is 0. The van der Waals surface area contributed by atoms with Crippen molar-refractivity contribution in [3.05, 3.63) is 79.2 Å². The Morgan fingerprint density at radius 1 is 1.33 bits per heavy atom. The Hall–Kier alpha value is -3.62. The van der Waals surface area contributed by atoms with E-state index in [1.165, 1.54) is 30.3 Å². The first-order valence-corrected chi connectivity index (χ1v) is 8.07. The van der Waals surface area contributed by atoms with Crippen molar-refractivity contribution >= 4 is 11.7 Å². The zero-order valence-electron chi connectivity index (χ0n) is 14.6. The van der Waals surface area contributed by atoms with Crippen LogP contribution in [0.1, 0.15) is 29.7 Å². The molecule has 1 aliphatic heterocycles. The molecule has 27 heavy (non-hydrogen) atoms. The molecule has 9 heteroatoms. The molecular weight excluding hydrogens is 356 g/mol. The molecule has 140 valence electrons. The van der Waals surface area contributed by atoms with Crippen LogP contribution in [0.5, 0.6) is 5.75 Å². The third kappa shape index (κ3) is 3.26. The van der Waals surface area contributed by atoms with Gasteiger partial charge in [0.15, 0.2) is 0 Å². The lowest BCUT2D eigenvalue weighted by Crippen LogP contribution is -2.31. The number of esters is 1. The molecule has 1 aliphatic rings. The van der Waals surface area contributed by atoms with Crippen LogP contribution in [-0.2, 0) is 9.53 Å². The molecule has 2 aromatic rings. The third-order valence-corrected chi connectivity index (χ3v) is 4.07. The number of carbonyl (C=O) groups is 1. The van der Waals surface area contributed by atoms with Crippen LogP contribution in [0.15, 0.2) is 51.0 Å². The predicted molar refractivity (Wildman–Crippen MR) is 93.1 cm³/mol. The number of ether oxygens (including phenoxy) is 2. The fraction of sp³-hybridized carbons (Fsp3) is 0.222. The molecule has 2 N–H and O–H groups in total. The molecular formula is C18H16N2O7. The smallest absolute Gasteiger partial charge is 0.343 e. The van der Waals surface area contributed by atoms with Gasteiger partial charge in [0, 0.05) is 18.2 Å². The zero-order chi connectivity index (χ0) is 19.7. The number of nitro groups is 1. The number of nitro benzene ring substituents is 1. The zero-order valence-corrected chi connectivity index (χ0v) is 14.6. The summed E-state index contributed by atoms with van der Waals surface area (Å²) in [5, 5.41) is 10.9. The van der Waals surface area contributed by atoms with Gasteiger partial charge in [0.1, 0.15) is 17.1 Å². The van der Waals surface area contributed by atoms with Crippen molar-refractivity contribution in [3.63, 3.8) is 0 Å². The van der Waals surface area contributed by atoms with E-state index in [0.29, 0.717) is 11.3 Å². The Kier molecular flexibility index (Phi) is 4.68. The third-order valence-electron chi connectivity index (χ3n) is 4.07. The summed E-state index contributed by atoms with van der Waals surface area (Å²) in [6, 6.07) is 6.94. The molecule has 0 radical (unpaired) electrons. The topological polar surface area (TPSA) is 135 Å². The molecule has 1 aromatic heterocycles. The van der Waals surface area contributed by atoms with Gasteiger partial charge in [0.25, 0.3) is 5.69 Å². The van der Waals surface area contributed by atoms with Gasteiger partial charge in [-0.2, -0.15) is 0 Å². The highest BCUT2D eigenvalue weighted by atomic mass is 16.6. The lowest BCUT2D eigenvalue weighted by atomic mass is 9.83. The fourth-order valence-electron chi connectivity index (χ4n) is 2.95. The van der Waals surface area contributed by atoms with Crippen LogP contribution in [0.4, 0.5) is 5.69 Å². The van der Waals surface area contributed by atoms with Crippen molar-refractivity contribution in [2.45, 2.75) is 19.8 Å². The van der Waals surface area contributed by atoms with Gasteiger partial charge in [-0.3, -0.25) is 10.1 Å². The van der Waals surface area contributed by atoms with E-state index in [0.717, 1.165) is 0 Å². The van der Waals surface area contributed by atoms with E-state index in [-0.39, 0.29) is 35.1 Å². The van der Waals surface area contributed by atoms with Gasteiger partial charge in [-0.25, -0.2) is 9.59 Å². The number of benzene rings is 1. The Morgan fingerprint density at radius 3 is 2.59 bits per heavy atom. The maximum Gasteiger partial charge on any atom is 0.343 e. The molecule has 1 atom stereocenters. The number of aryl methyl sites for hydroxylation is 1. The minimum absolute atomic E-state index is 0.0608. The first kappa shape index (κ1) is 18.2. The van der Waals surface area contributed by atoms with Crippen LogP contribution < -0.4 is 16.1 Å². The summed E-state index contributed by atoms with van der Waals surface area (Å²) in [4.78, 5) is 35.3. The van der Waals surface area contributed by atoms with Crippen molar-refractivity contribution in [2.75, 3.05) is 6.61 Å². The predicted octanol–water partition coefficient (Wildman–Crippen LogP) is 2.11. The Morgan fingerprint density at radius 2 is 2.00 bits per heavy atom. The highest BCUT2D eigenvalue weighted by molar-refractivity contribution is 5.92. The van der Waals surface area contributed by atoms with Crippen molar-refractivity contribution in [3.8, 4) is 5.75 Å². The second-order valence-electron chi connectivity index (χ2n) is 5.80. The second-order valence-corrected chi connectivity index (χ2v) is 5.80. The molecule has 0 amide bonds. The van der Waals surface area contributed by atoms with E-state index in [1.807, 2.05) is 0 Å². The first-order valence-electron chi connectivity index (χ1n) is 8.07. The first-order chi connectivity index (χ1) is 12.8. The highest BCUT2D eigenvalue weighted by Crippen LogP contribution is 2.41. The van der Waals surface area contributed by atoms with Gasteiger partial charge in [0.2, 0.25) is 5.88 Å². The molecule has 3 rings (SSSR count). The Labute approximate surface area is 153 Å². The number of rotatable bonds is 4. The monoisotopic (exact) mass is 372 g/mol. The number of nitrogens with two attached hydrogens (primary N) is 1. The van der Waals surface area contributed by atoms with E-state index >= 15 is 0 Å². The summed E-state index contributed by atoms with van der Waals surface area (Å²) in [6.45, 7) is 3.30. The maximum atomic E-state index is 12.5. The largest absolute Gasteiger partial charge is 0.462 e. The van der Waals surface area contributed by atoms with Crippen LogP contribution in [0, 0.1) is 17.0 Å². The summed E-state index contributed by atoms with van der Waals surface area (Å²) >= 11 is 0. The molecule has 1 aromatic carbocycles. The highest BCUT2D eigenvalue weighted by Gasteiger charge is 2.38. The van der Waals surface area contributed by atoms with Gasteiger partial charge in [-0.1, -0.05) is 12.1 Å².